The maximum absolute atomic E-state index is 11.6. The normalized spacial score (nSPS) is 20.4. The van der Waals surface area contributed by atoms with Crippen molar-refractivity contribution >= 4 is 11.6 Å². The first kappa shape index (κ1) is 9.75. The highest BCUT2D eigenvalue weighted by molar-refractivity contribution is 5.97. The van der Waals surface area contributed by atoms with Crippen LogP contribution in [0.15, 0.2) is 24.3 Å². The molecule has 1 atom stereocenters. The molecular formula is C12H12N2O. The number of nitrogens with two attached hydrogens (primary N) is 1. The first-order chi connectivity index (χ1) is 7.22. The van der Waals surface area contributed by atoms with E-state index in [4.69, 9.17) is 12.2 Å². The second-order valence-electron chi connectivity index (χ2n) is 3.63. The van der Waals surface area contributed by atoms with Crippen molar-refractivity contribution < 1.29 is 4.79 Å². The van der Waals surface area contributed by atoms with Crippen molar-refractivity contribution in [3.8, 4) is 12.3 Å². The minimum Gasteiger partial charge on any atom is -0.326 e. The Bertz CT molecular complexity index is 433. The zero-order valence-corrected chi connectivity index (χ0v) is 8.31. The van der Waals surface area contributed by atoms with Crippen LogP contribution in [0.4, 0.5) is 5.69 Å². The fourth-order valence-corrected chi connectivity index (χ4v) is 1.80. The lowest BCUT2D eigenvalue weighted by Gasteiger charge is -2.17. The van der Waals surface area contributed by atoms with E-state index in [9.17, 15) is 4.79 Å². The van der Waals surface area contributed by atoms with Gasteiger partial charge in [-0.2, -0.15) is 0 Å². The highest BCUT2D eigenvalue weighted by atomic mass is 16.2. The summed E-state index contributed by atoms with van der Waals surface area (Å²) in [7, 11) is 0. The van der Waals surface area contributed by atoms with Gasteiger partial charge in [-0.05, 0) is 12.1 Å². The maximum Gasteiger partial charge on any atom is 0.228 e. The van der Waals surface area contributed by atoms with Gasteiger partial charge in [0.25, 0.3) is 0 Å². The van der Waals surface area contributed by atoms with Gasteiger partial charge in [0.15, 0.2) is 0 Å². The number of rotatable bonds is 1. The van der Waals surface area contributed by atoms with Gasteiger partial charge < -0.3 is 10.6 Å². The molecule has 1 saturated heterocycles. The second-order valence-corrected chi connectivity index (χ2v) is 3.63. The average molecular weight is 200 g/mol. The Morgan fingerprint density at radius 2 is 2.20 bits per heavy atom. The average Bonchev–Trinajstić information content (AvgIpc) is 2.57. The van der Waals surface area contributed by atoms with Crippen LogP contribution in [0.2, 0.25) is 0 Å². The van der Waals surface area contributed by atoms with Crippen LogP contribution in [0.5, 0.6) is 0 Å². The lowest BCUT2D eigenvalue weighted by Crippen LogP contribution is -2.28. The molecule has 1 aromatic carbocycles. The molecule has 76 valence electrons. The number of carbonyl (C=O) groups excluding carboxylic acids is 1. The minimum atomic E-state index is -0.0802. The number of para-hydroxylation sites is 1. The molecule has 0 saturated carbocycles. The standard InChI is InChI=1S/C12H12N2O/c1-2-9-5-3-4-6-11(9)14-8-10(13)7-12(14)15/h1,3-6,10H,7-8,13H2. The van der Waals surface area contributed by atoms with Crippen LogP contribution in [0, 0.1) is 12.3 Å². The Hall–Kier alpha value is -1.79. The Morgan fingerprint density at radius 3 is 2.80 bits per heavy atom. The van der Waals surface area contributed by atoms with Gasteiger partial charge in [0.1, 0.15) is 0 Å². The van der Waals surface area contributed by atoms with E-state index in [-0.39, 0.29) is 11.9 Å². The summed E-state index contributed by atoms with van der Waals surface area (Å²) in [6.45, 7) is 0.553. The number of anilines is 1. The van der Waals surface area contributed by atoms with Gasteiger partial charge in [0.2, 0.25) is 5.91 Å². The Balaban J connectivity index is 2.38. The second kappa shape index (κ2) is 3.76. The molecule has 1 amide bonds. The van der Waals surface area contributed by atoms with Crippen molar-refractivity contribution in [2.24, 2.45) is 5.73 Å². The smallest absolute Gasteiger partial charge is 0.228 e. The summed E-state index contributed by atoms with van der Waals surface area (Å²) >= 11 is 0. The number of hydrogen-bond acceptors (Lipinski definition) is 2. The predicted molar refractivity (Wildman–Crippen MR) is 59.3 cm³/mol. The molecule has 2 N–H and O–H groups in total. The van der Waals surface area contributed by atoms with Crippen LogP contribution in [-0.4, -0.2) is 18.5 Å². The highest BCUT2D eigenvalue weighted by Crippen LogP contribution is 2.24. The zero-order valence-electron chi connectivity index (χ0n) is 8.31. The largest absolute Gasteiger partial charge is 0.326 e. The minimum absolute atomic E-state index is 0.0465. The molecule has 1 aliphatic rings. The quantitative estimate of drug-likeness (QED) is 0.679. The van der Waals surface area contributed by atoms with Crippen LogP contribution >= 0.6 is 0 Å². The van der Waals surface area contributed by atoms with E-state index in [0.29, 0.717) is 13.0 Å². The molecule has 0 spiro atoms. The fraction of sp³-hybridized carbons (Fsp3) is 0.250. The van der Waals surface area contributed by atoms with Crippen molar-refractivity contribution in [3.63, 3.8) is 0 Å². The lowest BCUT2D eigenvalue weighted by molar-refractivity contribution is -0.117. The highest BCUT2D eigenvalue weighted by Gasteiger charge is 2.28. The Kier molecular flexibility index (Phi) is 2.44. The monoisotopic (exact) mass is 200 g/mol. The third kappa shape index (κ3) is 1.72. The van der Waals surface area contributed by atoms with Crippen LogP contribution < -0.4 is 10.6 Å². The van der Waals surface area contributed by atoms with E-state index in [1.54, 1.807) is 4.90 Å². The van der Waals surface area contributed by atoms with Gasteiger partial charge in [-0.15, -0.1) is 6.42 Å². The molecule has 1 unspecified atom stereocenters. The summed E-state index contributed by atoms with van der Waals surface area (Å²) in [6, 6.07) is 7.33. The van der Waals surface area contributed by atoms with E-state index in [2.05, 4.69) is 5.92 Å². The first-order valence-corrected chi connectivity index (χ1v) is 4.84. The van der Waals surface area contributed by atoms with Gasteiger partial charge in [-0.25, -0.2) is 0 Å². The number of benzene rings is 1. The molecule has 15 heavy (non-hydrogen) atoms. The number of hydrogen-bond donors (Lipinski definition) is 1. The molecule has 1 heterocycles. The molecule has 2 rings (SSSR count). The maximum atomic E-state index is 11.6. The van der Waals surface area contributed by atoms with Crippen molar-refractivity contribution in [2.45, 2.75) is 12.5 Å². The number of nitrogens with zero attached hydrogens (tertiary/aromatic N) is 1. The van der Waals surface area contributed by atoms with Gasteiger partial charge in [0.05, 0.1) is 5.69 Å². The molecule has 0 aliphatic carbocycles. The molecule has 1 fully saturated rings. The van der Waals surface area contributed by atoms with E-state index in [1.807, 2.05) is 24.3 Å². The van der Waals surface area contributed by atoms with E-state index in [1.165, 1.54) is 0 Å². The van der Waals surface area contributed by atoms with Crippen LogP contribution in [0.1, 0.15) is 12.0 Å². The summed E-state index contributed by atoms with van der Waals surface area (Å²) in [4.78, 5) is 13.3. The van der Waals surface area contributed by atoms with Gasteiger partial charge in [0, 0.05) is 24.6 Å². The van der Waals surface area contributed by atoms with Crippen molar-refractivity contribution in [1.29, 1.82) is 0 Å². The first-order valence-electron chi connectivity index (χ1n) is 4.84. The van der Waals surface area contributed by atoms with E-state index in [0.717, 1.165) is 11.3 Å². The molecule has 1 aromatic rings. The Labute approximate surface area is 88.9 Å². The van der Waals surface area contributed by atoms with Gasteiger partial charge in [-0.1, -0.05) is 18.1 Å². The molecule has 0 bridgehead atoms. The third-order valence-electron chi connectivity index (χ3n) is 2.51. The van der Waals surface area contributed by atoms with Crippen LogP contribution in [0.25, 0.3) is 0 Å². The van der Waals surface area contributed by atoms with Gasteiger partial charge in [-0.3, -0.25) is 4.79 Å². The summed E-state index contributed by atoms with van der Waals surface area (Å²) in [5, 5.41) is 0. The third-order valence-corrected chi connectivity index (χ3v) is 2.51. The topological polar surface area (TPSA) is 46.3 Å². The molecule has 1 aliphatic heterocycles. The van der Waals surface area contributed by atoms with Crippen LogP contribution in [0.3, 0.4) is 0 Å². The molecule has 0 aromatic heterocycles. The number of amides is 1. The number of carbonyl (C=O) groups is 1. The van der Waals surface area contributed by atoms with E-state index >= 15 is 0 Å². The lowest BCUT2D eigenvalue weighted by atomic mass is 10.1. The van der Waals surface area contributed by atoms with Crippen molar-refractivity contribution in [2.75, 3.05) is 11.4 Å². The zero-order chi connectivity index (χ0) is 10.8. The van der Waals surface area contributed by atoms with E-state index < -0.39 is 0 Å². The van der Waals surface area contributed by atoms with Crippen LogP contribution in [-0.2, 0) is 4.79 Å². The van der Waals surface area contributed by atoms with Crippen molar-refractivity contribution in [1.82, 2.24) is 0 Å². The molecular weight excluding hydrogens is 188 g/mol. The summed E-state index contributed by atoms with van der Waals surface area (Å²) in [5.74, 6) is 2.62. The predicted octanol–water partition coefficient (Wildman–Crippen LogP) is 0.732. The summed E-state index contributed by atoms with van der Waals surface area (Å²) in [5.41, 5.74) is 7.26. The SMILES string of the molecule is C#Cc1ccccc1N1CC(N)CC1=O. The fourth-order valence-electron chi connectivity index (χ4n) is 1.80. The van der Waals surface area contributed by atoms with Gasteiger partial charge >= 0.3 is 0 Å². The van der Waals surface area contributed by atoms with Crippen molar-refractivity contribution in [3.05, 3.63) is 29.8 Å². The summed E-state index contributed by atoms with van der Waals surface area (Å²) in [6.07, 6.45) is 5.78. The molecule has 3 nitrogen and oxygen atoms in total. The number of terminal acetylenes is 1. The molecule has 0 radical (unpaired) electrons. The molecule has 3 heteroatoms. The Morgan fingerprint density at radius 1 is 1.47 bits per heavy atom. The summed E-state index contributed by atoms with van der Waals surface area (Å²) < 4.78 is 0.